The number of nitriles is 2. The van der Waals surface area contributed by atoms with Gasteiger partial charge in [0.05, 0.1) is 10.2 Å². The third-order valence-corrected chi connectivity index (χ3v) is 5.21. The lowest BCUT2D eigenvalue weighted by Gasteiger charge is -2.07. The molecule has 0 aliphatic carbocycles. The minimum absolute atomic E-state index is 0.0969. The average molecular weight is 375 g/mol. The first kappa shape index (κ1) is 18.4. The molecule has 6 heteroatoms. The van der Waals surface area contributed by atoms with E-state index >= 15 is 0 Å². The highest BCUT2D eigenvalue weighted by molar-refractivity contribution is 7.07. The van der Waals surface area contributed by atoms with Crippen LogP contribution in [-0.2, 0) is 0 Å². The summed E-state index contributed by atoms with van der Waals surface area (Å²) < 4.78 is 7.65. The molecule has 2 heterocycles. The largest absolute Gasteiger partial charge is 0.462 e. The molecule has 134 valence electrons. The molecule has 5 nitrogen and oxygen atoms in total. The third kappa shape index (κ3) is 3.62. The highest BCUT2D eigenvalue weighted by Gasteiger charge is 2.12. The summed E-state index contributed by atoms with van der Waals surface area (Å²) in [6.45, 7) is 6.00. The molecule has 0 bridgehead atoms. The van der Waals surface area contributed by atoms with Crippen molar-refractivity contribution in [2.45, 2.75) is 26.7 Å². The lowest BCUT2D eigenvalue weighted by Crippen LogP contribution is -2.30. The van der Waals surface area contributed by atoms with E-state index in [0.29, 0.717) is 26.6 Å². The van der Waals surface area contributed by atoms with Crippen LogP contribution in [0.15, 0.2) is 45.6 Å². The SMILES string of the molecule is Cc1ccc(/C=c2/sc(=C(C#N)C#N)n(-c3ccc(C(C)C)cc3)c2=O)o1. The second kappa shape index (κ2) is 7.49. The van der Waals surface area contributed by atoms with Crippen LogP contribution in [0.4, 0.5) is 0 Å². The smallest absolute Gasteiger partial charge is 0.273 e. The van der Waals surface area contributed by atoms with Crippen LogP contribution in [0.3, 0.4) is 0 Å². The zero-order valence-corrected chi connectivity index (χ0v) is 16.0. The van der Waals surface area contributed by atoms with Gasteiger partial charge in [-0.05, 0) is 42.7 Å². The number of hydrogen-bond acceptors (Lipinski definition) is 5. The molecule has 1 aromatic carbocycles. The molecule has 0 aliphatic heterocycles. The van der Waals surface area contributed by atoms with E-state index in [9.17, 15) is 15.3 Å². The van der Waals surface area contributed by atoms with Gasteiger partial charge in [-0.25, -0.2) is 0 Å². The maximum absolute atomic E-state index is 13.0. The van der Waals surface area contributed by atoms with Crippen molar-refractivity contribution in [3.05, 3.63) is 73.0 Å². The van der Waals surface area contributed by atoms with Gasteiger partial charge in [0.1, 0.15) is 28.3 Å². The zero-order chi connectivity index (χ0) is 19.6. The predicted molar refractivity (Wildman–Crippen MR) is 105 cm³/mol. The molecule has 0 radical (unpaired) electrons. The van der Waals surface area contributed by atoms with Gasteiger partial charge in [0, 0.05) is 6.08 Å². The number of hydrogen-bond donors (Lipinski definition) is 0. The second-order valence-electron chi connectivity index (χ2n) is 6.35. The van der Waals surface area contributed by atoms with E-state index in [0.717, 1.165) is 22.7 Å². The van der Waals surface area contributed by atoms with Crippen molar-refractivity contribution >= 4 is 23.0 Å². The van der Waals surface area contributed by atoms with Crippen molar-refractivity contribution in [2.75, 3.05) is 0 Å². The molecule has 0 saturated heterocycles. The molecule has 3 aromatic rings. The summed E-state index contributed by atoms with van der Waals surface area (Å²) in [6.07, 6.45) is 1.63. The number of rotatable bonds is 3. The van der Waals surface area contributed by atoms with Crippen LogP contribution >= 0.6 is 11.3 Å². The van der Waals surface area contributed by atoms with E-state index in [1.807, 2.05) is 49.4 Å². The first-order valence-corrected chi connectivity index (χ1v) is 9.21. The molecule has 0 aliphatic rings. The number of nitrogens with zero attached hydrogens (tertiary/aromatic N) is 3. The molecule has 0 atom stereocenters. The van der Waals surface area contributed by atoms with Gasteiger partial charge >= 0.3 is 0 Å². The topological polar surface area (TPSA) is 82.7 Å². The molecule has 0 fully saturated rings. The van der Waals surface area contributed by atoms with E-state index in [-0.39, 0.29) is 11.1 Å². The Kier molecular flexibility index (Phi) is 5.12. The summed E-state index contributed by atoms with van der Waals surface area (Å²) in [6, 6.07) is 14.9. The maximum Gasteiger partial charge on any atom is 0.273 e. The Morgan fingerprint density at radius 1 is 1.15 bits per heavy atom. The number of benzene rings is 1. The highest BCUT2D eigenvalue weighted by atomic mass is 32.1. The van der Waals surface area contributed by atoms with Crippen LogP contribution in [0, 0.1) is 29.6 Å². The van der Waals surface area contributed by atoms with Crippen LogP contribution in [0.5, 0.6) is 0 Å². The normalized spacial score (nSPS) is 11.4. The molecule has 0 spiro atoms. The number of thiazole rings is 1. The highest BCUT2D eigenvalue weighted by Crippen LogP contribution is 2.15. The second-order valence-corrected chi connectivity index (χ2v) is 7.38. The molecule has 0 N–H and O–H groups in total. The number of aryl methyl sites for hydroxylation is 1. The monoisotopic (exact) mass is 375 g/mol. The van der Waals surface area contributed by atoms with Gasteiger partial charge in [-0.15, -0.1) is 11.3 Å². The molecule has 0 unspecified atom stereocenters. The predicted octanol–water partition coefficient (Wildman–Crippen LogP) is 2.95. The summed E-state index contributed by atoms with van der Waals surface area (Å²) >= 11 is 1.11. The molecule has 2 aromatic heterocycles. The molecule has 0 saturated carbocycles. The van der Waals surface area contributed by atoms with Crippen molar-refractivity contribution in [1.82, 2.24) is 4.57 Å². The Labute approximate surface area is 160 Å². The molecule has 0 amide bonds. The van der Waals surface area contributed by atoms with Crippen molar-refractivity contribution in [2.24, 2.45) is 0 Å². The zero-order valence-electron chi connectivity index (χ0n) is 15.2. The van der Waals surface area contributed by atoms with Crippen LogP contribution in [0.2, 0.25) is 0 Å². The van der Waals surface area contributed by atoms with Crippen LogP contribution in [-0.4, -0.2) is 4.57 Å². The van der Waals surface area contributed by atoms with E-state index in [1.165, 1.54) is 4.57 Å². The lowest BCUT2D eigenvalue weighted by atomic mass is 10.0. The van der Waals surface area contributed by atoms with Crippen LogP contribution < -0.4 is 14.8 Å². The third-order valence-electron chi connectivity index (χ3n) is 4.11. The van der Waals surface area contributed by atoms with Gasteiger partial charge in [0.15, 0.2) is 5.57 Å². The Hall–Kier alpha value is -3.35. The van der Waals surface area contributed by atoms with E-state index in [2.05, 4.69) is 13.8 Å². The van der Waals surface area contributed by atoms with Gasteiger partial charge in [0.2, 0.25) is 0 Å². The van der Waals surface area contributed by atoms with Crippen LogP contribution in [0.25, 0.3) is 17.3 Å². The minimum atomic E-state index is -0.288. The first-order chi connectivity index (χ1) is 12.9. The number of aromatic nitrogens is 1. The van der Waals surface area contributed by atoms with Gasteiger partial charge < -0.3 is 4.42 Å². The fraction of sp³-hybridized carbons (Fsp3) is 0.190. The summed E-state index contributed by atoms with van der Waals surface area (Å²) in [7, 11) is 0. The van der Waals surface area contributed by atoms with Gasteiger partial charge in [-0.1, -0.05) is 26.0 Å². The summed E-state index contributed by atoms with van der Waals surface area (Å²) in [4.78, 5) is 13.0. The first-order valence-electron chi connectivity index (χ1n) is 8.39. The fourth-order valence-electron chi connectivity index (χ4n) is 2.67. The maximum atomic E-state index is 13.0. The Balaban J connectivity index is 2.32. The Bertz CT molecular complexity index is 1230. The molecular weight excluding hydrogens is 358 g/mol. The summed E-state index contributed by atoms with van der Waals surface area (Å²) in [5.41, 5.74) is 1.38. The Morgan fingerprint density at radius 3 is 2.33 bits per heavy atom. The fourth-order valence-corrected chi connectivity index (χ4v) is 3.71. The lowest BCUT2D eigenvalue weighted by molar-refractivity contribution is 0.525. The summed E-state index contributed by atoms with van der Waals surface area (Å²) in [5, 5.41) is 18.6. The van der Waals surface area contributed by atoms with E-state index in [1.54, 1.807) is 12.1 Å². The van der Waals surface area contributed by atoms with Crippen molar-refractivity contribution in [1.29, 1.82) is 10.5 Å². The van der Waals surface area contributed by atoms with Crippen molar-refractivity contribution < 1.29 is 4.42 Å². The van der Waals surface area contributed by atoms with Gasteiger partial charge in [-0.2, -0.15) is 10.5 Å². The van der Waals surface area contributed by atoms with Crippen molar-refractivity contribution in [3.8, 4) is 17.8 Å². The number of furan rings is 1. The Morgan fingerprint density at radius 2 is 1.81 bits per heavy atom. The molecular formula is C21H17N3O2S. The van der Waals surface area contributed by atoms with Crippen molar-refractivity contribution in [3.63, 3.8) is 0 Å². The average Bonchev–Trinajstić information content (AvgIpc) is 3.20. The van der Waals surface area contributed by atoms with E-state index in [4.69, 9.17) is 4.42 Å². The quantitative estimate of drug-likeness (QED) is 0.705. The van der Waals surface area contributed by atoms with E-state index < -0.39 is 0 Å². The molecule has 27 heavy (non-hydrogen) atoms. The van der Waals surface area contributed by atoms with Crippen LogP contribution in [0.1, 0.15) is 36.8 Å². The van der Waals surface area contributed by atoms with Gasteiger partial charge in [0.25, 0.3) is 5.56 Å². The minimum Gasteiger partial charge on any atom is -0.462 e. The van der Waals surface area contributed by atoms with Gasteiger partial charge in [-0.3, -0.25) is 9.36 Å². The summed E-state index contributed by atoms with van der Waals surface area (Å²) in [5.74, 6) is 1.66. The molecule has 3 rings (SSSR count). The standard InChI is InChI=1S/C21H17N3O2S/c1-13(2)15-5-7-17(8-6-15)24-20(25)19(10-18-9-4-14(3)26-18)27-21(24)16(11-22)12-23/h4-10,13H,1-3H3/b19-10+.